The van der Waals surface area contributed by atoms with Crippen LogP contribution in [-0.4, -0.2) is 18.7 Å². The number of carbonyl (C=O) groups excluding carboxylic acids is 1. The lowest BCUT2D eigenvalue weighted by Crippen LogP contribution is -2.42. The van der Waals surface area contributed by atoms with Crippen molar-refractivity contribution in [2.24, 2.45) is 0 Å². The van der Waals surface area contributed by atoms with Gasteiger partial charge >= 0.3 is 6.09 Å². The van der Waals surface area contributed by atoms with Crippen LogP contribution in [0.5, 0.6) is 0 Å². The van der Waals surface area contributed by atoms with E-state index in [1.165, 1.54) is 0 Å². The molecule has 0 bridgehead atoms. The molecule has 0 saturated heterocycles. The smallest absolute Gasteiger partial charge is 0.426 e. The average molecular weight is 298 g/mol. The van der Waals surface area contributed by atoms with Gasteiger partial charge in [0, 0.05) is 12.6 Å². The van der Waals surface area contributed by atoms with Gasteiger partial charge in [-0.3, -0.25) is 5.01 Å². The first kappa shape index (κ1) is 15.9. The van der Waals surface area contributed by atoms with Crippen LogP contribution in [0.25, 0.3) is 11.1 Å². The number of rotatable bonds is 3. The van der Waals surface area contributed by atoms with Crippen LogP contribution in [0, 0.1) is 0 Å². The van der Waals surface area contributed by atoms with Gasteiger partial charge in [-0.05, 0) is 32.4 Å². The highest BCUT2D eigenvalue weighted by Crippen LogP contribution is 2.29. The SMILES string of the molecule is CN(NC(=O)OC(C)(C)C)c1ccccc1-c1ccccc1. The number of nitrogens with one attached hydrogen (secondary N) is 1. The Labute approximate surface area is 131 Å². The highest BCUT2D eigenvalue weighted by molar-refractivity contribution is 5.80. The summed E-state index contributed by atoms with van der Waals surface area (Å²) in [4.78, 5) is 11.9. The molecule has 0 aliphatic heterocycles. The fraction of sp³-hybridized carbons (Fsp3) is 0.278. The largest absolute Gasteiger partial charge is 0.443 e. The summed E-state index contributed by atoms with van der Waals surface area (Å²) in [6.45, 7) is 5.51. The molecular formula is C18H22N2O2. The van der Waals surface area contributed by atoms with Crippen molar-refractivity contribution < 1.29 is 9.53 Å². The van der Waals surface area contributed by atoms with E-state index in [-0.39, 0.29) is 0 Å². The third-order valence-electron chi connectivity index (χ3n) is 3.01. The van der Waals surface area contributed by atoms with Gasteiger partial charge < -0.3 is 4.74 Å². The number of hydrazine groups is 1. The minimum absolute atomic E-state index is 0.474. The van der Waals surface area contributed by atoms with Crippen LogP contribution in [0.15, 0.2) is 54.6 Å². The van der Waals surface area contributed by atoms with Crippen molar-refractivity contribution in [1.29, 1.82) is 0 Å². The molecule has 4 heteroatoms. The Morgan fingerprint density at radius 3 is 2.23 bits per heavy atom. The van der Waals surface area contributed by atoms with Gasteiger partial charge in [-0.1, -0.05) is 48.5 Å². The van der Waals surface area contributed by atoms with Crippen LogP contribution in [0.3, 0.4) is 0 Å². The predicted molar refractivity (Wildman–Crippen MR) is 89.7 cm³/mol. The minimum atomic E-state index is -0.524. The molecular weight excluding hydrogens is 276 g/mol. The molecule has 0 heterocycles. The van der Waals surface area contributed by atoms with Gasteiger partial charge in [-0.15, -0.1) is 0 Å². The Hall–Kier alpha value is -2.49. The molecule has 0 aromatic heterocycles. The van der Waals surface area contributed by atoms with Crippen LogP contribution in [0.1, 0.15) is 20.8 Å². The highest BCUT2D eigenvalue weighted by Gasteiger charge is 2.18. The maximum Gasteiger partial charge on any atom is 0.426 e. The molecule has 2 aromatic rings. The van der Waals surface area contributed by atoms with Crippen molar-refractivity contribution in [2.45, 2.75) is 26.4 Å². The Bertz CT molecular complexity index is 633. The van der Waals surface area contributed by atoms with Crippen LogP contribution in [-0.2, 0) is 4.74 Å². The van der Waals surface area contributed by atoms with Crippen molar-refractivity contribution in [2.75, 3.05) is 12.1 Å². The van der Waals surface area contributed by atoms with E-state index in [0.717, 1.165) is 16.8 Å². The Kier molecular flexibility index (Phi) is 4.71. The van der Waals surface area contributed by atoms with Gasteiger partial charge in [0.25, 0.3) is 0 Å². The molecule has 4 nitrogen and oxygen atoms in total. The van der Waals surface area contributed by atoms with E-state index in [1.54, 1.807) is 12.1 Å². The molecule has 0 fully saturated rings. The van der Waals surface area contributed by atoms with E-state index in [2.05, 4.69) is 5.43 Å². The van der Waals surface area contributed by atoms with E-state index in [9.17, 15) is 4.79 Å². The number of ether oxygens (including phenoxy) is 1. The molecule has 0 saturated carbocycles. The summed E-state index contributed by atoms with van der Waals surface area (Å²) < 4.78 is 5.28. The molecule has 0 atom stereocenters. The Balaban J connectivity index is 2.21. The number of amides is 1. The quantitative estimate of drug-likeness (QED) is 0.862. The van der Waals surface area contributed by atoms with E-state index in [1.807, 2.05) is 75.4 Å². The van der Waals surface area contributed by atoms with Crippen LogP contribution < -0.4 is 10.4 Å². The first-order valence-corrected chi connectivity index (χ1v) is 7.24. The number of nitrogens with zero attached hydrogens (tertiary/aromatic N) is 1. The van der Waals surface area contributed by atoms with Gasteiger partial charge in [0.15, 0.2) is 0 Å². The zero-order chi connectivity index (χ0) is 16.2. The normalized spacial score (nSPS) is 10.9. The maximum atomic E-state index is 11.9. The first-order valence-electron chi connectivity index (χ1n) is 7.24. The maximum absolute atomic E-state index is 11.9. The molecule has 22 heavy (non-hydrogen) atoms. The lowest BCUT2D eigenvalue weighted by atomic mass is 10.0. The molecule has 0 aliphatic rings. The molecule has 116 valence electrons. The van der Waals surface area contributed by atoms with Crippen LogP contribution in [0.4, 0.5) is 10.5 Å². The zero-order valence-electron chi connectivity index (χ0n) is 13.5. The summed E-state index contributed by atoms with van der Waals surface area (Å²) in [5, 5.41) is 1.68. The molecule has 0 radical (unpaired) electrons. The number of benzene rings is 2. The molecule has 2 aromatic carbocycles. The zero-order valence-corrected chi connectivity index (χ0v) is 13.5. The second-order valence-corrected chi connectivity index (χ2v) is 6.06. The lowest BCUT2D eigenvalue weighted by Gasteiger charge is -2.26. The lowest BCUT2D eigenvalue weighted by molar-refractivity contribution is 0.0524. The van der Waals surface area contributed by atoms with E-state index in [0.29, 0.717) is 0 Å². The van der Waals surface area contributed by atoms with Crippen LogP contribution >= 0.6 is 0 Å². The highest BCUT2D eigenvalue weighted by atomic mass is 16.6. The second kappa shape index (κ2) is 6.52. The predicted octanol–water partition coefficient (Wildman–Crippen LogP) is 4.23. The molecule has 1 amide bonds. The number of carbonyl (C=O) groups is 1. The van der Waals surface area contributed by atoms with Crippen molar-refractivity contribution >= 4 is 11.8 Å². The molecule has 1 N–H and O–H groups in total. The fourth-order valence-electron chi connectivity index (χ4n) is 2.13. The van der Waals surface area contributed by atoms with Crippen molar-refractivity contribution in [3.8, 4) is 11.1 Å². The van der Waals surface area contributed by atoms with Gasteiger partial charge in [-0.25, -0.2) is 10.2 Å². The van der Waals surface area contributed by atoms with Gasteiger partial charge in [0.2, 0.25) is 0 Å². The van der Waals surface area contributed by atoms with E-state index in [4.69, 9.17) is 4.74 Å². The van der Waals surface area contributed by atoms with Crippen LogP contribution in [0.2, 0.25) is 0 Å². The van der Waals surface area contributed by atoms with E-state index < -0.39 is 11.7 Å². The first-order chi connectivity index (χ1) is 10.4. The fourth-order valence-corrected chi connectivity index (χ4v) is 2.13. The molecule has 0 aliphatic carbocycles. The standard InChI is InChI=1S/C18H22N2O2/c1-18(2,3)22-17(21)19-20(4)16-13-9-8-12-15(16)14-10-6-5-7-11-14/h5-13H,1-4H3,(H,19,21). The number of anilines is 1. The summed E-state index contributed by atoms with van der Waals surface area (Å²) in [5.41, 5.74) is 5.25. The van der Waals surface area contributed by atoms with Gasteiger partial charge in [0.05, 0.1) is 5.69 Å². The van der Waals surface area contributed by atoms with Crippen molar-refractivity contribution in [3.63, 3.8) is 0 Å². The number of para-hydroxylation sites is 1. The molecule has 2 rings (SSSR count). The Morgan fingerprint density at radius 2 is 1.59 bits per heavy atom. The van der Waals surface area contributed by atoms with Crippen molar-refractivity contribution in [1.82, 2.24) is 5.43 Å². The summed E-state index contributed by atoms with van der Waals surface area (Å²) >= 11 is 0. The number of hydrogen-bond acceptors (Lipinski definition) is 3. The third-order valence-corrected chi connectivity index (χ3v) is 3.01. The average Bonchev–Trinajstić information content (AvgIpc) is 2.46. The Morgan fingerprint density at radius 1 is 1.00 bits per heavy atom. The van der Waals surface area contributed by atoms with Gasteiger partial charge in [-0.2, -0.15) is 0 Å². The third kappa shape index (κ3) is 4.25. The van der Waals surface area contributed by atoms with E-state index >= 15 is 0 Å². The topological polar surface area (TPSA) is 41.6 Å². The minimum Gasteiger partial charge on any atom is -0.443 e. The monoisotopic (exact) mass is 298 g/mol. The van der Waals surface area contributed by atoms with Gasteiger partial charge in [0.1, 0.15) is 5.60 Å². The molecule has 0 unspecified atom stereocenters. The summed E-state index contributed by atoms with van der Waals surface area (Å²) in [7, 11) is 1.80. The molecule has 0 spiro atoms. The van der Waals surface area contributed by atoms with Crippen molar-refractivity contribution in [3.05, 3.63) is 54.6 Å². The second-order valence-electron chi connectivity index (χ2n) is 6.06. The summed E-state index contributed by atoms with van der Waals surface area (Å²) in [6.07, 6.45) is -0.474. The summed E-state index contributed by atoms with van der Waals surface area (Å²) in [6, 6.07) is 18.0. The summed E-state index contributed by atoms with van der Waals surface area (Å²) in [5.74, 6) is 0. The number of hydrogen-bond donors (Lipinski definition) is 1.